The summed E-state index contributed by atoms with van der Waals surface area (Å²) in [5.74, 6) is 0. The maximum Gasteiger partial charge on any atom is 0.0569 e. The monoisotopic (exact) mass is 259 g/mol. The van der Waals surface area contributed by atoms with E-state index in [1.54, 1.807) is 0 Å². The van der Waals surface area contributed by atoms with Gasteiger partial charge in [0.15, 0.2) is 0 Å². The van der Waals surface area contributed by atoms with Crippen molar-refractivity contribution in [2.75, 3.05) is 32.8 Å². The van der Waals surface area contributed by atoms with Crippen LogP contribution in [0.4, 0.5) is 0 Å². The van der Waals surface area contributed by atoms with Crippen molar-refractivity contribution >= 4 is 10.9 Å². The smallest absolute Gasteiger partial charge is 0.0569 e. The van der Waals surface area contributed by atoms with Gasteiger partial charge in [0, 0.05) is 35.6 Å². The van der Waals surface area contributed by atoms with E-state index in [2.05, 4.69) is 40.8 Å². The van der Waals surface area contributed by atoms with Crippen LogP contribution in [0.25, 0.3) is 10.9 Å². The number of nitrogens with one attached hydrogen (secondary N) is 2. The van der Waals surface area contributed by atoms with Crippen molar-refractivity contribution in [1.82, 2.24) is 10.3 Å². The molecule has 0 aliphatic carbocycles. The van der Waals surface area contributed by atoms with Gasteiger partial charge in [-0.15, -0.1) is 0 Å². The summed E-state index contributed by atoms with van der Waals surface area (Å²) in [7, 11) is 0. The van der Waals surface area contributed by atoms with E-state index in [1.807, 2.05) is 0 Å². The van der Waals surface area contributed by atoms with Gasteiger partial charge in [-0.3, -0.25) is 0 Å². The predicted molar refractivity (Wildman–Crippen MR) is 77.2 cm³/mol. The number of ether oxygens (including phenoxy) is 1. The fourth-order valence-electron chi connectivity index (χ4n) is 2.60. The molecule has 1 aromatic heterocycles. The van der Waals surface area contributed by atoms with E-state index in [-0.39, 0.29) is 5.41 Å². The van der Waals surface area contributed by atoms with Gasteiger partial charge in [0.1, 0.15) is 0 Å². The molecule has 3 rings (SSSR count). The Labute approximate surface area is 113 Å². The summed E-state index contributed by atoms with van der Waals surface area (Å²) >= 11 is 0. The van der Waals surface area contributed by atoms with Crippen molar-refractivity contribution in [3.63, 3.8) is 0 Å². The largest absolute Gasteiger partial charge is 0.380 e. The molecule has 0 radical (unpaired) electrons. The first-order valence-electron chi connectivity index (χ1n) is 6.87. The first-order chi connectivity index (χ1) is 9.33. The average molecular weight is 259 g/mol. The number of hydrogen-bond acceptors (Lipinski definition) is 3. The van der Waals surface area contributed by atoms with Gasteiger partial charge >= 0.3 is 0 Å². The topological polar surface area (TPSA) is 63.1 Å². The fraction of sp³-hybridized carbons (Fsp3) is 0.467. The summed E-state index contributed by atoms with van der Waals surface area (Å²) < 4.78 is 5.26. The molecule has 4 heteroatoms. The summed E-state index contributed by atoms with van der Waals surface area (Å²) in [6, 6.07) is 8.42. The third-order valence-corrected chi connectivity index (χ3v) is 4.00. The molecule has 0 amide bonds. The van der Waals surface area contributed by atoms with Crippen LogP contribution in [0.3, 0.4) is 0 Å². The first-order valence-corrected chi connectivity index (χ1v) is 6.87. The molecule has 1 aliphatic rings. The number of aromatic nitrogens is 1. The molecule has 0 unspecified atom stereocenters. The highest BCUT2D eigenvalue weighted by molar-refractivity contribution is 5.83. The second kappa shape index (κ2) is 5.33. The standard InChI is InChI=1S/C15H21N3O/c16-8-15(10-19-11-15)9-17-6-5-12-7-18-14-4-2-1-3-13(12)14/h1-4,7,17-18H,5-6,8-11,16H2. The highest BCUT2D eigenvalue weighted by Gasteiger charge is 2.36. The van der Waals surface area contributed by atoms with Crippen molar-refractivity contribution in [2.24, 2.45) is 11.1 Å². The Morgan fingerprint density at radius 3 is 2.89 bits per heavy atom. The van der Waals surface area contributed by atoms with E-state index in [4.69, 9.17) is 10.5 Å². The van der Waals surface area contributed by atoms with Crippen LogP contribution in [0.2, 0.25) is 0 Å². The molecule has 102 valence electrons. The van der Waals surface area contributed by atoms with Crippen molar-refractivity contribution in [3.8, 4) is 0 Å². The number of nitrogens with two attached hydrogens (primary N) is 1. The zero-order chi connectivity index (χ0) is 13.1. The summed E-state index contributed by atoms with van der Waals surface area (Å²) in [5.41, 5.74) is 8.56. The Kier molecular flexibility index (Phi) is 3.55. The Morgan fingerprint density at radius 1 is 1.32 bits per heavy atom. The number of hydrogen-bond donors (Lipinski definition) is 3. The van der Waals surface area contributed by atoms with Gasteiger partial charge in [-0.25, -0.2) is 0 Å². The SMILES string of the molecule is NCC1(CNCCc2c[nH]c3ccccc23)COC1. The summed E-state index contributed by atoms with van der Waals surface area (Å²) in [5, 5.41) is 4.83. The molecule has 1 fully saturated rings. The van der Waals surface area contributed by atoms with E-state index in [1.165, 1.54) is 16.5 Å². The molecule has 0 atom stereocenters. The van der Waals surface area contributed by atoms with Crippen molar-refractivity contribution in [2.45, 2.75) is 6.42 Å². The highest BCUT2D eigenvalue weighted by atomic mass is 16.5. The average Bonchev–Trinajstić information content (AvgIpc) is 2.81. The Hall–Kier alpha value is -1.36. The Morgan fingerprint density at radius 2 is 2.16 bits per heavy atom. The Balaban J connectivity index is 1.52. The van der Waals surface area contributed by atoms with E-state index >= 15 is 0 Å². The summed E-state index contributed by atoms with van der Waals surface area (Å²) in [6.45, 7) is 4.22. The van der Waals surface area contributed by atoms with Gasteiger partial charge in [-0.2, -0.15) is 0 Å². The lowest BCUT2D eigenvalue weighted by molar-refractivity contribution is -0.104. The van der Waals surface area contributed by atoms with Gasteiger partial charge in [0.2, 0.25) is 0 Å². The molecular formula is C15H21N3O. The van der Waals surface area contributed by atoms with Crippen LogP contribution in [-0.4, -0.2) is 37.8 Å². The van der Waals surface area contributed by atoms with Crippen LogP contribution >= 0.6 is 0 Å². The molecule has 1 aromatic carbocycles. The van der Waals surface area contributed by atoms with Crippen molar-refractivity contribution < 1.29 is 4.74 Å². The van der Waals surface area contributed by atoms with Gasteiger partial charge in [0.25, 0.3) is 0 Å². The van der Waals surface area contributed by atoms with Crippen LogP contribution in [0.5, 0.6) is 0 Å². The fourth-order valence-corrected chi connectivity index (χ4v) is 2.60. The number of rotatable bonds is 6. The minimum Gasteiger partial charge on any atom is -0.380 e. The predicted octanol–water partition coefficient (Wildman–Crippen LogP) is 1.28. The molecule has 0 spiro atoms. The lowest BCUT2D eigenvalue weighted by Crippen LogP contribution is -2.54. The molecule has 4 N–H and O–H groups in total. The lowest BCUT2D eigenvalue weighted by Gasteiger charge is -2.40. The van der Waals surface area contributed by atoms with Gasteiger partial charge in [-0.05, 0) is 24.6 Å². The quantitative estimate of drug-likeness (QED) is 0.685. The van der Waals surface area contributed by atoms with Crippen LogP contribution in [0.15, 0.2) is 30.5 Å². The second-order valence-electron chi connectivity index (χ2n) is 5.48. The third-order valence-electron chi connectivity index (χ3n) is 4.00. The van der Waals surface area contributed by atoms with E-state index in [9.17, 15) is 0 Å². The molecule has 2 heterocycles. The van der Waals surface area contributed by atoms with Crippen LogP contribution in [0, 0.1) is 5.41 Å². The maximum absolute atomic E-state index is 5.80. The minimum atomic E-state index is 0.181. The van der Waals surface area contributed by atoms with Crippen LogP contribution in [0.1, 0.15) is 5.56 Å². The molecule has 0 saturated carbocycles. The van der Waals surface area contributed by atoms with Gasteiger partial charge < -0.3 is 20.8 Å². The van der Waals surface area contributed by atoms with E-state index in [0.29, 0.717) is 6.54 Å². The second-order valence-corrected chi connectivity index (χ2v) is 5.48. The number of aromatic amines is 1. The lowest BCUT2D eigenvalue weighted by atomic mass is 9.86. The van der Waals surface area contributed by atoms with Crippen LogP contribution < -0.4 is 11.1 Å². The van der Waals surface area contributed by atoms with Gasteiger partial charge in [-0.1, -0.05) is 18.2 Å². The molecule has 1 saturated heterocycles. The summed E-state index contributed by atoms with van der Waals surface area (Å²) in [6.07, 6.45) is 3.14. The molecule has 19 heavy (non-hydrogen) atoms. The maximum atomic E-state index is 5.80. The normalized spacial score (nSPS) is 17.5. The first kappa shape index (κ1) is 12.7. The van der Waals surface area contributed by atoms with Crippen LogP contribution in [-0.2, 0) is 11.2 Å². The summed E-state index contributed by atoms with van der Waals surface area (Å²) in [4.78, 5) is 3.31. The van der Waals surface area contributed by atoms with Crippen molar-refractivity contribution in [1.29, 1.82) is 0 Å². The number of benzene rings is 1. The molecule has 2 aromatic rings. The highest BCUT2D eigenvalue weighted by Crippen LogP contribution is 2.24. The molecular weight excluding hydrogens is 238 g/mol. The van der Waals surface area contributed by atoms with E-state index in [0.717, 1.165) is 32.7 Å². The molecule has 0 bridgehead atoms. The molecule has 1 aliphatic heterocycles. The zero-order valence-electron chi connectivity index (χ0n) is 11.1. The van der Waals surface area contributed by atoms with E-state index < -0.39 is 0 Å². The van der Waals surface area contributed by atoms with Gasteiger partial charge in [0.05, 0.1) is 13.2 Å². The number of H-pyrrole nitrogens is 1. The zero-order valence-corrected chi connectivity index (χ0v) is 11.1. The number of para-hydroxylation sites is 1. The minimum absolute atomic E-state index is 0.181. The molecule has 4 nitrogen and oxygen atoms in total. The third kappa shape index (κ3) is 2.52. The number of fused-ring (bicyclic) bond motifs is 1. The van der Waals surface area contributed by atoms with Crippen molar-refractivity contribution in [3.05, 3.63) is 36.0 Å². The Bertz CT molecular complexity index is 540.